The van der Waals surface area contributed by atoms with E-state index in [4.69, 9.17) is 23.2 Å². The molecule has 0 bridgehead atoms. The Balaban J connectivity index is 2.07. The Kier molecular flexibility index (Phi) is 5.45. The van der Waals surface area contributed by atoms with E-state index in [9.17, 15) is 4.79 Å². The molecule has 0 fully saturated rings. The van der Waals surface area contributed by atoms with E-state index in [0.717, 1.165) is 21.3 Å². The fraction of sp³-hybridized carbons (Fsp3) is 0.0625. The minimum absolute atomic E-state index is 0.225. The number of halogens is 3. The molecule has 108 valence electrons. The van der Waals surface area contributed by atoms with Crippen LogP contribution >= 0.6 is 39.1 Å². The van der Waals surface area contributed by atoms with Crippen LogP contribution in [0.15, 0.2) is 46.9 Å². The van der Waals surface area contributed by atoms with Crippen molar-refractivity contribution < 1.29 is 4.79 Å². The number of carbonyl (C=O) groups excluding carboxylic acids is 1. The molecule has 0 heterocycles. The summed E-state index contributed by atoms with van der Waals surface area (Å²) in [4.78, 5) is 11.9. The molecule has 0 saturated carbocycles. The van der Waals surface area contributed by atoms with Crippen molar-refractivity contribution in [3.8, 4) is 0 Å². The summed E-state index contributed by atoms with van der Waals surface area (Å²) in [5.74, 6) is -0.225. The first-order chi connectivity index (χ1) is 9.95. The number of amides is 1. The molecular weight excluding hydrogens is 373 g/mol. The largest absolute Gasteiger partial charge is 0.322 e. The molecule has 0 saturated heterocycles. The molecule has 0 atom stereocenters. The van der Waals surface area contributed by atoms with Gasteiger partial charge in [-0.2, -0.15) is 0 Å². The molecule has 0 aliphatic rings. The minimum Gasteiger partial charge on any atom is -0.322 e. The SMILES string of the molecule is Cc1ccc(NC(=O)/C=C/c2ccc(Cl)cc2Cl)cc1Br. The fourth-order valence-electron chi connectivity index (χ4n) is 1.66. The van der Waals surface area contributed by atoms with E-state index in [0.29, 0.717) is 10.0 Å². The van der Waals surface area contributed by atoms with Gasteiger partial charge in [0.15, 0.2) is 0 Å². The minimum atomic E-state index is -0.225. The molecule has 0 unspecified atom stereocenters. The predicted octanol–water partition coefficient (Wildman–Crippen LogP) is 5.72. The van der Waals surface area contributed by atoms with Crippen LogP contribution < -0.4 is 5.32 Å². The van der Waals surface area contributed by atoms with E-state index in [-0.39, 0.29) is 5.91 Å². The van der Waals surface area contributed by atoms with Crippen LogP contribution in [0.25, 0.3) is 6.08 Å². The molecule has 2 nitrogen and oxygen atoms in total. The van der Waals surface area contributed by atoms with Gasteiger partial charge in [0.25, 0.3) is 0 Å². The molecule has 5 heteroatoms. The lowest BCUT2D eigenvalue weighted by atomic mass is 10.2. The lowest BCUT2D eigenvalue weighted by Gasteiger charge is -2.05. The van der Waals surface area contributed by atoms with Gasteiger partial charge in [0.05, 0.1) is 0 Å². The average Bonchev–Trinajstić information content (AvgIpc) is 2.42. The van der Waals surface area contributed by atoms with E-state index >= 15 is 0 Å². The maximum Gasteiger partial charge on any atom is 0.248 e. The standard InChI is InChI=1S/C16H12BrCl2NO/c1-10-2-6-13(9-14(10)17)20-16(21)7-4-11-3-5-12(18)8-15(11)19/h2-9H,1H3,(H,20,21)/b7-4+. The summed E-state index contributed by atoms with van der Waals surface area (Å²) in [6.07, 6.45) is 3.08. The molecule has 0 aliphatic heterocycles. The van der Waals surface area contributed by atoms with Crippen LogP contribution in [0.4, 0.5) is 5.69 Å². The van der Waals surface area contributed by atoms with Gasteiger partial charge in [0, 0.05) is 26.3 Å². The zero-order valence-corrected chi connectivity index (χ0v) is 14.3. The number of benzene rings is 2. The Morgan fingerprint density at radius 1 is 1.19 bits per heavy atom. The second-order valence-corrected chi connectivity index (χ2v) is 6.15. The summed E-state index contributed by atoms with van der Waals surface area (Å²) >= 11 is 15.3. The van der Waals surface area contributed by atoms with Crippen LogP contribution in [-0.2, 0) is 4.79 Å². The van der Waals surface area contributed by atoms with Crippen LogP contribution in [0.1, 0.15) is 11.1 Å². The van der Waals surface area contributed by atoms with Gasteiger partial charge in [0.1, 0.15) is 0 Å². The van der Waals surface area contributed by atoms with Crippen LogP contribution in [0.2, 0.25) is 10.0 Å². The van der Waals surface area contributed by atoms with Crippen molar-refractivity contribution in [1.82, 2.24) is 0 Å². The van der Waals surface area contributed by atoms with Gasteiger partial charge < -0.3 is 5.32 Å². The zero-order valence-electron chi connectivity index (χ0n) is 11.2. The Labute approximate surface area is 141 Å². The van der Waals surface area contributed by atoms with Gasteiger partial charge in [0.2, 0.25) is 5.91 Å². The Morgan fingerprint density at radius 3 is 2.62 bits per heavy atom. The molecule has 0 spiro atoms. The van der Waals surface area contributed by atoms with Gasteiger partial charge in [-0.1, -0.05) is 51.3 Å². The van der Waals surface area contributed by atoms with E-state index in [2.05, 4.69) is 21.2 Å². The highest BCUT2D eigenvalue weighted by Crippen LogP contribution is 2.23. The van der Waals surface area contributed by atoms with E-state index in [1.165, 1.54) is 6.08 Å². The molecule has 2 aromatic carbocycles. The first-order valence-corrected chi connectivity index (χ1v) is 7.71. The lowest BCUT2D eigenvalue weighted by Crippen LogP contribution is -2.07. The highest BCUT2D eigenvalue weighted by molar-refractivity contribution is 9.10. The number of nitrogens with one attached hydrogen (secondary N) is 1. The number of hydrogen-bond acceptors (Lipinski definition) is 1. The molecule has 0 aliphatic carbocycles. The molecule has 2 aromatic rings. The summed E-state index contributed by atoms with van der Waals surface area (Å²) in [5, 5.41) is 3.85. The first-order valence-electron chi connectivity index (χ1n) is 6.16. The van der Waals surface area contributed by atoms with Gasteiger partial charge in [-0.25, -0.2) is 0 Å². The number of rotatable bonds is 3. The number of carbonyl (C=O) groups is 1. The van der Waals surface area contributed by atoms with Crippen LogP contribution in [0.5, 0.6) is 0 Å². The topological polar surface area (TPSA) is 29.1 Å². The van der Waals surface area contributed by atoms with Crippen molar-refractivity contribution in [2.24, 2.45) is 0 Å². The Hall–Kier alpha value is -1.29. The van der Waals surface area contributed by atoms with Crippen molar-refractivity contribution >= 4 is 56.8 Å². The van der Waals surface area contributed by atoms with Gasteiger partial charge in [-0.15, -0.1) is 0 Å². The zero-order chi connectivity index (χ0) is 15.4. The number of anilines is 1. The molecular formula is C16H12BrCl2NO. The highest BCUT2D eigenvalue weighted by Gasteiger charge is 2.02. The maximum absolute atomic E-state index is 11.9. The van der Waals surface area contributed by atoms with Crippen molar-refractivity contribution in [2.45, 2.75) is 6.92 Å². The maximum atomic E-state index is 11.9. The number of aryl methyl sites for hydroxylation is 1. The van der Waals surface area contributed by atoms with Crippen molar-refractivity contribution in [3.63, 3.8) is 0 Å². The quantitative estimate of drug-likeness (QED) is 0.674. The molecule has 1 amide bonds. The van der Waals surface area contributed by atoms with Crippen molar-refractivity contribution in [3.05, 3.63) is 68.1 Å². The Bertz CT molecular complexity index is 713. The Morgan fingerprint density at radius 2 is 1.95 bits per heavy atom. The highest BCUT2D eigenvalue weighted by atomic mass is 79.9. The third-order valence-electron chi connectivity index (χ3n) is 2.82. The number of hydrogen-bond donors (Lipinski definition) is 1. The first kappa shape index (κ1) is 16.1. The van der Waals surface area contributed by atoms with E-state index < -0.39 is 0 Å². The average molecular weight is 385 g/mol. The third kappa shape index (κ3) is 4.60. The van der Waals surface area contributed by atoms with Crippen molar-refractivity contribution in [1.29, 1.82) is 0 Å². The van der Waals surface area contributed by atoms with Gasteiger partial charge in [-0.3, -0.25) is 4.79 Å². The summed E-state index contributed by atoms with van der Waals surface area (Å²) in [5.41, 5.74) is 2.57. The van der Waals surface area contributed by atoms with Gasteiger partial charge in [-0.05, 0) is 48.4 Å². The molecule has 0 aromatic heterocycles. The monoisotopic (exact) mass is 383 g/mol. The second-order valence-electron chi connectivity index (χ2n) is 4.45. The molecule has 1 N–H and O–H groups in total. The van der Waals surface area contributed by atoms with E-state index in [1.54, 1.807) is 24.3 Å². The summed E-state index contributed by atoms with van der Waals surface area (Å²) < 4.78 is 0.949. The summed E-state index contributed by atoms with van der Waals surface area (Å²) in [6, 6.07) is 10.8. The van der Waals surface area contributed by atoms with Crippen LogP contribution in [-0.4, -0.2) is 5.91 Å². The van der Waals surface area contributed by atoms with Crippen LogP contribution in [0.3, 0.4) is 0 Å². The smallest absolute Gasteiger partial charge is 0.248 e. The van der Waals surface area contributed by atoms with E-state index in [1.807, 2.05) is 25.1 Å². The van der Waals surface area contributed by atoms with Crippen molar-refractivity contribution in [2.75, 3.05) is 5.32 Å². The second kappa shape index (κ2) is 7.12. The normalized spacial score (nSPS) is 10.9. The molecule has 0 radical (unpaired) electrons. The van der Waals surface area contributed by atoms with Crippen LogP contribution in [0, 0.1) is 6.92 Å². The predicted molar refractivity (Wildman–Crippen MR) is 93.0 cm³/mol. The summed E-state index contributed by atoms with van der Waals surface area (Å²) in [7, 11) is 0. The third-order valence-corrected chi connectivity index (χ3v) is 4.23. The molecule has 21 heavy (non-hydrogen) atoms. The molecule has 2 rings (SSSR count). The fourth-order valence-corrected chi connectivity index (χ4v) is 2.51. The lowest BCUT2D eigenvalue weighted by molar-refractivity contribution is -0.111. The van der Waals surface area contributed by atoms with Gasteiger partial charge >= 0.3 is 0 Å². The summed E-state index contributed by atoms with van der Waals surface area (Å²) in [6.45, 7) is 1.98.